The summed E-state index contributed by atoms with van der Waals surface area (Å²) in [6, 6.07) is 12.3. The van der Waals surface area contributed by atoms with Gasteiger partial charge in [-0.2, -0.15) is 0 Å². The van der Waals surface area contributed by atoms with E-state index in [1.807, 2.05) is 6.08 Å². The summed E-state index contributed by atoms with van der Waals surface area (Å²) in [5.41, 5.74) is 0.998. The number of ether oxygens (including phenoxy) is 3. The molecule has 1 aromatic heterocycles. The number of rotatable bonds is 8. The molecule has 154 valence electrons. The Balaban J connectivity index is 1.43. The lowest BCUT2D eigenvalue weighted by molar-refractivity contribution is 0.0856. The number of aromatic amines is 1. The van der Waals surface area contributed by atoms with Gasteiger partial charge in [-0.1, -0.05) is 12.1 Å². The van der Waals surface area contributed by atoms with Gasteiger partial charge in [0.1, 0.15) is 12.4 Å². The monoisotopic (exact) mass is 407 g/mol. The number of carbonyl (C=O) groups is 1. The molecule has 3 aromatic rings. The molecule has 0 saturated carbocycles. The van der Waals surface area contributed by atoms with Gasteiger partial charge < -0.3 is 19.5 Å². The largest absolute Gasteiger partial charge is 0.494 e. The van der Waals surface area contributed by atoms with Crippen molar-refractivity contribution in [1.29, 1.82) is 0 Å². The van der Waals surface area contributed by atoms with E-state index in [9.17, 15) is 4.79 Å². The molecule has 1 aliphatic rings. The molecule has 1 unspecified atom stereocenters. The SMILES string of the molecule is C=CCCCOc1ccc(C(=O)Nc2cccc3c2OC(c2nnn[nH]2)CO3)cc1. The molecule has 1 amide bonds. The summed E-state index contributed by atoms with van der Waals surface area (Å²) in [6.45, 7) is 4.55. The molecule has 2 heterocycles. The lowest BCUT2D eigenvalue weighted by atomic mass is 10.2. The van der Waals surface area contributed by atoms with Crippen molar-refractivity contribution in [2.45, 2.75) is 18.9 Å². The molecule has 0 bridgehead atoms. The van der Waals surface area contributed by atoms with Gasteiger partial charge in [0.2, 0.25) is 0 Å². The number of H-pyrrole nitrogens is 1. The van der Waals surface area contributed by atoms with Gasteiger partial charge in [0.25, 0.3) is 5.91 Å². The standard InChI is InChI=1S/C21H21N5O4/c1-2-3-4-12-28-15-10-8-14(9-11-15)21(27)22-16-6-5-7-17-19(16)30-18(13-29-17)20-23-25-26-24-20/h2,5-11,18H,1,3-4,12-13H2,(H,22,27)(H,23,24,25,26). The van der Waals surface area contributed by atoms with E-state index in [2.05, 4.69) is 32.5 Å². The van der Waals surface area contributed by atoms with Gasteiger partial charge in [0.15, 0.2) is 23.4 Å². The van der Waals surface area contributed by atoms with Gasteiger partial charge in [-0.3, -0.25) is 4.79 Å². The fraction of sp³-hybridized carbons (Fsp3) is 0.238. The smallest absolute Gasteiger partial charge is 0.255 e. The van der Waals surface area contributed by atoms with Gasteiger partial charge in [-0.05, 0) is 59.7 Å². The van der Waals surface area contributed by atoms with E-state index in [-0.39, 0.29) is 12.5 Å². The number of carbonyl (C=O) groups excluding carboxylic acids is 1. The van der Waals surface area contributed by atoms with E-state index >= 15 is 0 Å². The summed E-state index contributed by atoms with van der Waals surface area (Å²) in [5.74, 6) is 1.87. The van der Waals surface area contributed by atoms with Crippen molar-refractivity contribution in [2.75, 3.05) is 18.5 Å². The van der Waals surface area contributed by atoms with Crippen LogP contribution < -0.4 is 19.5 Å². The number of hydrogen-bond acceptors (Lipinski definition) is 7. The molecule has 30 heavy (non-hydrogen) atoms. The third-order valence-corrected chi connectivity index (χ3v) is 4.48. The topological polar surface area (TPSA) is 111 Å². The summed E-state index contributed by atoms with van der Waals surface area (Å²) >= 11 is 0. The number of unbranched alkanes of at least 4 members (excludes halogenated alkanes) is 1. The van der Waals surface area contributed by atoms with E-state index in [0.29, 0.717) is 40.9 Å². The van der Waals surface area contributed by atoms with Gasteiger partial charge in [-0.25, -0.2) is 5.10 Å². The molecule has 0 fully saturated rings. The number of tetrazole rings is 1. The van der Waals surface area contributed by atoms with E-state index in [4.69, 9.17) is 14.2 Å². The first-order valence-electron chi connectivity index (χ1n) is 9.56. The fourth-order valence-electron chi connectivity index (χ4n) is 2.94. The van der Waals surface area contributed by atoms with Crippen LogP contribution in [0.2, 0.25) is 0 Å². The fourth-order valence-corrected chi connectivity index (χ4v) is 2.94. The van der Waals surface area contributed by atoms with Crippen molar-refractivity contribution in [2.24, 2.45) is 0 Å². The normalized spacial score (nSPS) is 14.7. The first kappa shape index (κ1) is 19.4. The van der Waals surface area contributed by atoms with Gasteiger partial charge in [0, 0.05) is 5.56 Å². The van der Waals surface area contributed by atoms with Crippen LogP contribution in [0.5, 0.6) is 17.2 Å². The molecule has 1 aliphatic heterocycles. The highest BCUT2D eigenvalue weighted by atomic mass is 16.6. The molecule has 4 rings (SSSR count). The van der Waals surface area contributed by atoms with Crippen molar-refractivity contribution in [1.82, 2.24) is 20.6 Å². The zero-order valence-electron chi connectivity index (χ0n) is 16.2. The molecule has 9 nitrogen and oxygen atoms in total. The number of para-hydroxylation sites is 1. The molecular formula is C21H21N5O4. The zero-order chi connectivity index (χ0) is 20.8. The number of fused-ring (bicyclic) bond motifs is 1. The average Bonchev–Trinajstić information content (AvgIpc) is 3.32. The quantitative estimate of drug-likeness (QED) is 0.435. The lowest BCUT2D eigenvalue weighted by Gasteiger charge is -2.26. The summed E-state index contributed by atoms with van der Waals surface area (Å²) in [5, 5.41) is 16.5. The second kappa shape index (κ2) is 9.08. The predicted molar refractivity (Wildman–Crippen MR) is 109 cm³/mol. The van der Waals surface area contributed by atoms with Crippen LogP contribution in [0.4, 0.5) is 5.69 Å². The molecule has 0 saturated heterocycles. The first-order valence-corrected chi connectivity index (χ1v) is 9.56. The second-order valence-electron chi connectivity index (χ2n) is 6.59. The maximum Gasteiger partial charge on any atom is 0.255 e. The van der Waals surface area contributed by atoms with Crippen LogP contribution in [0.1, 0.15) is 35.1 Å². The predicted octanol–water partition coefficient (Wildman–Crippen LogP) is 3.31. The third kappa shape index (κ3) is 4.40. The van der Waals surface area contributed by atoms with E-state index in [1.54, 1.807) is 42.5 Å². The number of amides is 1. The molecule has 1 atom stereocenters. The molecule has 2 aromatic carbocycles. The van der Waals surface area contributed by atoms with Gasteiger partial charge >= 0.3 is 0 Å². The van der Waals surface area contributed by atoms with Crippen molar-refractivity contribution < 1.29 is 19.0 Å². The molecule has 0 spiro atoms. The third-order valence-electron chi connectivity index (χ3n) is 4.48. The lowest BCUT2D eigenvalue weighted by Crippen LogP contribution is -2.24. The Kier molecular flexibility index (Phi) is 5.88. The number of nitrogens with one attached hydrogen (secondary N) is 2. The summed E-state index contributed by atoms with van der Waals surface area (Å²) < 4.78 is 17.4. The molecule has 2 N–H and O–H groups in total. The zero-order valence-corrected chi connectivity index (χ0v) is 16.2. The van der Waals surface area contributed by atoms with Crippen molar-refractivity contribution in [3.63, 3.8) is 0 Å². The van der Waals surface area contributed by atoms with Crippen LogP contribution in [0.25, 0.3) is 0 Å². The highest BCUT2D eigenvalue weighted by Gasteiger charge is 2.28. The van der Waals surface area contributed by atoms with Crippen LogP contribution in [0, 0.1) is 0 Å². The minimum atomic E-state index is -0.497. The number of allylic oxidation sites excluding steroid dienone is 1. The number of anilines is 1. The van der Waals surface area contributed by atoms with Crippen LogP contribution in [-0.2, 0) is 0 Å². The Morgan fingerprint density at radius 3 is 2.93 bits per heavy atom. The van der Waals surface area contributed by atoms with Crippen LogP contribution in [-0.4, -0.2) is 39.7 Å². The van der Waals surface area contributed by atoms with E-state index in [0.717, 1.165) is 12.8 Å². The minimum absolute atomic E-state index is 0.259. The second-order valence-corrected chi connectivity index (χ2v) is 6.59. The number of aromatic nitrogens is 4. The Morgan fingerprint density at radius 1 is 1.30 bits per heavy atom. The molecular weight excluding hydrogens is 386 g/mol. The Hall–Kier alpha value is -3.88. The molecule has 0 radical (unpaired) electrons. The number of nitrogens with zero attached hydrogens (tertiary/aromatic N) is 3. The van der Waals surface area contributed by atoms with Crippen LogP contribution >= 0.6 is 0 Å². The van der Waals surface area contributed by atoms with Crippen molar-refractivity contribution in [3.05, 3.63) is 66.5 Å². The average molecular weight is 407 g/mol. The number of hydrogen-bond donors (Lipinski definition) is 2. The van der Waals surface area contributed by atoms with Crippen molar-refractivity contribution in [3.8, 4) is 17.2 Å². The Labute approximate surface area is 173 Å². The van der Waals surface area contributed by atoms with Crippen LogP contribution in [0.15, 0.2) is 55.1 Å². The molecule has 0 aliphatic carbocycles. The van der Waals surface area contributed by atoms with E-state index in [1.165, 1.54) is 0 Å². The highest BCUT2D eigenvalue weighted by Crippen LogP contribution is 2.41. The maximum atomic E-state index is 12.7. The maximum absolute atomic E-state index is 12.7. The van der Waals surface area contributed by atoms with Crippen LogP contribution in [0.3, 0.4) is 0 Å². The minimum Gasteiger partial charge on any atom is -0.494 e. The summed E-state index contributed by atoms with van der Waals surface area (Å²) in [4.78, 5) is 12.7. The highest BCUT2D eigenvalue weighted by molar-refractivity contribution is 6.05. The van der Waals surface area contributed by atoms with Gasteiger partial charge in [-0.15, -0.1) is 11.7 Å². The Bertz CT molecular complexity index is 1000. The molecule has 9 heteroatoms. The summed E-state index contributed by atoms with van der Waals surface area (Å²) in [7, 11) is 0. The first-order chi connectivity index (χ1) is 14.7. The van der Waals surface area contributed by atoms with Crippen molar-refractivity contribution >= 4 is 11.6 Å². The number of benzene rings is 2. The van der Waals surface area contributed by atoms with Gasteiger partial charge in [0.05, 0.1) is 12.3 Å². The Morgan fingerprint density at radius 2 is 2.17 bits per heavy atom. The summed E-state index contributed by atoms with van der Waals surface area (Å²) in [6.07, 6.45) is 3.17. The van der Waals surface area contributed by atoms with E-state index < -0.39 is 6.10 Å².